The van der Waals surface area contributed by atoms with Crippen LogP contribution in [0.5, 0.6) is 0 Å². The standard InChI is InChI=1S/C16H16FNO2/c1-20-16(19)13-6-7-18(10-13)15-5-3-11-8-14(17)4-2-12(11)9-15/h2-5,8-9,13H,6-7,10H2,1H3/t13-/m1/s1. The highest BCUT2D eigenvalue weighted by Gasteiger charge is 2.29. The van der Waals surface area contributed by atoms with Crippen LogP contribution in [-0.4, -0.2) is 26.2 Å². The highest BCUT2D eigenvalue weighted by atomic mass is 19.1. The number of carbonyl (C=O) groups is 1. The minimum absolute atomic E-state index is 0.0519. The molecule has 0 radical (unpaired) electrons. The van der Waals surface area contributed by atoms with Crippen molar-refractivity contribution >= 4 is 22.4 Å². The molecule has 0 spiro atoms. The number of nitrogens with zero attached hydrogens (tertiary/aromatic N) is 1. The van der Waals surface area contributed by atoms with E-state index in [0.29, 0.717) is 6.54 Å². The van der Waals surface area contributed by atoms with Gasteiger partial charge in [0.2, 0.25) is 0 Å². The maximum atomic E-state index is 13.2. The van der Waals surface area contributed by atoms with Crippen molar-refractivity contribution in [3.63, 3.8) is 0 Å². The van der Waals surface area contributed by atoms with E-state index in [1.165, 1.54) is 19.2 Å². The average Bonchev–Trinajstić information content (AvgIpc) is 2.95. The molecule has 2 aromatic carbocycles. The highest BCUT2D eigenvalue weighted by Crippen LogP contribution is 2.28. The molecule has 0 bridgehead atoms. The van der Waals surface area contributed by atoms with Gasteiger partial charge >= 0.3 is 5.97 Å². The lowest BCUT2D eigenvalue weighted by atomic mass is 10.1. The zero-order valence-corrected chi connectivity index (χ0v) is 11.3. The Balaban J connectivity index is 1.84. The molecule has 0 aliphatic carbocycles. The predicted molar refractivity (Wildman–Crippen MR) is 76.2 cm³/mol. The van der Waals surface area contributed by atoms with E-state index in [9.17, 15) is 9.18 Å². The molecule has 1 fully saturated rings. The molecule has 1 saturated heterocycles. The van der Waals surface area contributed by atoms with Gasteiger partial charge in [-0.15, -0.1) is 0 Å². The third-order valence-electron chi connectivity index (χ3n) is 3.87. The summed E-state index contributed by atoms with van der Waals surface area (Å²) in [6.45, 7) is 1.52. The summed E-state index contributed by atoms with van der Waals surface area (Å²) in [5.41, 5.74) is 1.07. The lowest BCUT2D eigenvalue weighted by Crippen LogP contribution is -2.23. The molecule has 0 amide bonds. The van der Waals surface area contributed by atoms with Crippen LogP contribution >= 0.6 is 0 Å². The minimum atomic E-state index is -0.225. The van der Waals surface area contributed by atoms with Crippen LogP contribution in [0, 0.1) is 11.7 Å². The number of esters is 1. The van der Waals surface area contributed by atoms with Gasteiger partial charge in [-0.1, -0.05) is 12.1 Å². The summed E-state index contributed by atoms with van der Waals surface area (Å²) >= 11 is 0. The van der Waals surface area contributed by atoms with E-state index in [0.717, 1.165) is 29.4 Å². The van der Waals surface area contributed by atoms with Crippen molar-refractivity contribution in [1.82, 2.24) is 0 Å². The van der Waals surface area contributed by atoms with Crippen LogP contribution in [0.2, 0.25) is 0 Å². The molecule has 2 aromatic rings. The monoisotopic (exact) mass is 273 g/mol. The first-order chi connectivity index (χ1) is 9.67. The SMILES string of the molecule is COC(=O)[C@@H]1CCN(c2ccc3cc(F)ccc3c2)C1. The number of hydrogen-bond donors (Lipinski definition) is 0. The van der Waals surface area contributed by atoms with Crippen molar-refractivity contribution in [3.05, 3.63) is 42.2 Å². The predicted octanol–water partition coefficient (Wildman–Crippen LogP) is 2.98. The summed E-state index contributed by atoms with van der Waals surface area (Å²) in [7, 11) is 1.43. The first kappa shape index (κ1) is 12.9. The number of anilines is 1. The minimum Gasteiger partial charge on any atom is -0.469 e. The average molecular weight is 273 g/mol. The maximum absolute atomic E-state index is 13.2. The van der Waals surface area contributed by atoms with Crippen LogP contribution < -0.4 is 4.90 Å². The maximum Gasteiger partial charge on any atom is 0.310 e. The molecule has 104 valence electrons. The summed E-state index contributed by atoms with van der Waals surface area (Å²) in [5, 5.41) is 1.89. The fraction of sp³-hybridized carbons (Fsp3) is 0.312. The van der Waals surface area contributed by atoms with Gasteiger partial charge in [-0.3, -0.25) is 4.79 Å². The van der Waals surface area contributed by atoms with Gasteiger partial charge in [0.25, 0.3) is 0 Å². The summed E-state index contributed by atoms with van der Waals surface area (Å²) in [6.07, 6.45) is 0.814. The number of rotatable bonds is 2. The van der Waals surface area contributed by atoms with Crippen molar-refractivity contribution in [3.8, 4) is 0 Å². The molecule has 1 aliphatic rings. The van der Waals surface area contributed by atoms with Crippen LogP contribution in [0.15, 0.2) is 36.4 Å². The van der Waals surface area contributed by atoms with Gasteiger partial charge in [0.05, 0.1) is 13.0 Å². The number of benzene rings is 2. The van der Waals surface area contributed by atoms with Crippen LogP contribution in [-0.2, 0) is 9.53 Å². The Morgan fingerprint density at radius 1 is 1.25 bits per heavy atom. The Bertz CT molecular complexity index is 656. The fourth-order valence-electron chi connectivity index (χ4n) is 2.75. The van der Waals surface area contributed by atoms with Gasteiger partial charge in [-0.25, -0.2) is 4.39 Å². The van der Waals surface area contributed by atoms with E-state index < -0.39 is 0 Å². The zero-order chi connectivity index (χ0) is 14.1. The number of hydrogen-bond acceptors (Lipinski definition) is 3. The van der Waals surface area contributed by atoms with E-state index in [1.807, 2.05) is 18.2 Å². The van der Waals surface area contributed by atoms with Gasteiger partial charge in [0.1, 0.15) is 5.82 Å². The Labute approximate surface area is 116 Å². The molecule has 1 aliphatic heterocycles. The van der Waals surface area contributed by atoms with Crippen molar-refractivity contribution in [2.45, 2.75) is 6.42 Å². The number of fused-ring (bicyclic) bond motifs is 1. The Kier molecular flexibility index (Phi) is 3.30. The second-order valence-corrected chi connectivity index (χ2v) is 5.13. The molecule has 1 heterocycles. The van der Waals surface area contributed by atoms with Crippen molar-refractivity contribution in [2.24, 2.45) is 5.92 Å². The van der Waals surface area contributed by atoms with Gasteiger partial charge in [0, 0.05) is 18.8 Å². The van der Waals surface area contributed by atoms with E-state index in [4.69, 9.17) is 4.74 Å². The second-order valence-electron chi connectivity index (χ2n) is 5.13. The lowest BCUT2D eigenvalue weighted by Gasteiger charge is -2.18. The molecular formula is C16H16FNO2. The second kappa shape index (κ2) is 5.12. The molecular weight excluding hydrogens is 257 g/mol. The molecule has 0 N–H and O–H groups in total. The summed E-state index contributed by atoms with van der Waals surface area (Å²) in [4.78, 5) is 13.7. The normalized spacial score (nSPS) is 18.5. The third-order valence-corrected chi connectivity index (χ3v) is 3.87. The van der Waals surface area contributed by atoms with E-state index in [1.54, 1.807) is 6.07 Å². The number of carbonyl (C=O) groups excluding carboxylic acids is 1. The molecule has 0 saturated carbocycles. The number of methoxy groups -OCH3 is 1. The van der Waals surface area contributed by atoms with Gasteiger partial charge in [0.15, 0.2) is 0 Å². The highest BCUT2D eigenvalue weighted by molar-refractivity contribution is 5.86. The summed E-state index contributed by atoms with van der Waals surface area (Å²) < 4.78 is 17.9. The fourth-order valence-corrected chi connectivity index (χ4v) is 2.75. The van der Waals surface area contributed by atoms with Crippen LogP contribution in [0.4, 0.5) is 10.1 Å². The van der Waals surface area contributed by atoms with Crippen LogP contribution in [0.3, 0.4) is 0 Å². The van der Waals surface area contributed by atoms with E-state index >= 15 is 0 Å². The summed E-state index contributed by atoms with van der Waals surface area (Å²) in [6, 6.07) is 10.7. The summed E-state index contributed by atoms with van der Waals surface area (Å²) in [5.74, 6) is -0.420. The van der Waals surface area contributed by atoms with Crippen molar-refractivity contribution in [2.75, 3.05) is 25.1 Å². The Hall–Kier alpha value is -2.10. The van der Waals surface area contributed by atoms with Gasteiger partial charge < -0.3 is 9.64 Å². The van der Waals surface area contributed by atoms with Crippen molar-refractivity contribution < 1.29 is 13.9 Å². The Morgan fingerprint density at radius 3 is 2.80 bits per heavy atom. The topological polar surface area (TPSA) is 29.5 Å². The van der Waals surface area contributed by atoms with E-state index in [-0.39, 0.29) is 17.7 Å². The first-order valence-electron chi connectivity index (χ1n) is 6.69. The van der Waals surface area contributed by atoms with Gasteiger partial charge in [-0.05, 0) is 41.5 Å². The number of ether oxygens (including phenoxy) is 1. The van der Waals surface area contributed by atoms with Gasteiger partial charge in [-0.2, -0.15) is 0 Å². The Morgan fingerprint density at radius 2 is 2.00 bits per heavy atom. The third kappa shape index (κ3) is 2.33. The lowest BCUT2D eigenvalue weighted by molar-refractivity contribution is -0.144. The molecule has 1 atom stereocenters. The van der Waals surface area contributed by atoms with Crippen molar-refractivity contribution in [1.29, 1.82) is 0 Å². The molecule has 20 heavy (non-hydrogen) atoms. The zero-order valence-electron chi connectivity index (χ0n) is 11.3. The molecule has 3 rings (SSSR count). The smallest absolute Gasteiger partial charge is 0.310 e. The van der Waals surface area contributed by atoms with E-state index in [2.05, 4.69) is 4.90 Å². The van der Waals surface area contributed by atoms with Crippen LogP contribution in [0.1, 0.15) is 6.42 Å². The largest absolute Gasteiger partial charge is 0.469 e. The molecule has 0 aromatic heterocycles. The molecule has 3 nitrogen and oxygen atoms in total. The first-order valence-corrected chi connectivity index (χ1v) is 6.69. The quantitative estimate of drug-likeness (QED) is 0.788. The van der Waals surface area contributed by atoms with Crippen LogP contribution in [0.25, 0.3) is 10.8 Å². The molecule has 4 heteroatoms. The number of halogens is 1. The molecule has 0 unspecified atom stereocenters.